The van der Waals surface area contributed by atoms with Crippen molar-refractivity contribution in [1.29, 1.82) is 0 Å². The summed E-state index contributed by atoms with van der Waals surface area (Å²) in [5, 5.41) is 2.95. The van der Waals surface area contributed by atoms with Gasteiger partial charge in [-0.3, -0.25) is 9.78 Å². The Labute approximate surface area is 153 Å². The molecule has 0 saturated heterocycles. The van der Waals surface area contributed by atoms with Gasteiger partial charge >= 0.3 is 0 Å². The van der Waals surface area contributed by atoms with Crippen LogP contribution in [0.1, 0.15) is 29.4 Å². The number of carbonyl (C=O) groups excluding carboxylic acids is 1. The van der Waals surface area contributed by atoms with Gasteiger partial charge in [-0.15, -0.1) is 0 Å². The average Bonchev–Trinajstić information content (AvgIpc) is 2.67. The average molecular weight is 346 g/mol. The molecule has 1 aromatic heterocycles. The molecule has 0 unspecified atom stereocenters. The molecule has 1 N–H and O–H groups in total. The second kappa shape index (κ2) is 8.30. The van der Waals surface area contributed by atoms with Gasteiger partial charge in [-0.25, -0.2) is 0 Å². The third-order valence-electron chi connectivity index (χ3n) is 3.88. The van der Waals surface area contributed by atoms with Crippen molar-refractivity contribution in [2.75, 3.05) is 11.9 Å². The number of anilines is 1. The first-order chi connectivity index (χ1) is 12.7. The van der Waals surface area contributed by atoms with Crippen molar-refractivity contribution >= 4 is 11.6 Å². The lowest BCUT2D eigenvalue weighted by atomic mass is 10.0. The van der Waals surface area contributed by atoms with Crippen molar-refractivity contribution in [3.8, 4) is 17.0 Å². The highest BCUT2D eigenvalue weighted by Gasteiger charge is 2.21. The maximum Gasteiger partial charge on any atom is 0.261 e. The molecule has 0 fully saturated rings. The monoisotopic (exact) mass is 346 g/mol. The highest BCUT2D eigenvalue weighted by Crippen LogP contribution is 2.31. The number of aryl methyl sites for hydroxylation is 1. The molecule has 26 heavy (non-hydrogen) atoms. The number of para-hydroxylation sites is 1. The molecule has 0 atom stereocenters. The Morgan fingerprint density at radius 1 is 1.04 bits per heavy atom. The van der Waals surface area contributed by atoms with Gasteiger partial charge in [0.25, 0.3) is 5.91 Å². The molecule has 0 saturated carbocycles. The molecule has 132 valence electrons. The van der Waals surface area contributed by atoms with Gasteiger partial charge < -0.3 is 10.1 Å². The highest BCUT2D eigenvalue weighted by atomic mass is 16.5. The van der Waals surface area contributed by atoms with Crippen LogP contribution in [0.3, 0.4) is 0 Å². The third-order valence-corrected chi connectivity index (χ3v) is 3.88. The lowest BCUT2D eigenvalue weighted by Crippen LogP contribution is -2.16. The van der Waals surface area contributed by atoms with Gasteiger partial charge in [0, 0.05) is 23.0 Å². The quantitative estimate of drug-likeness (QED) is 0.676. The Kier molecular flexibility index (Phi) is 5.64. The number of ether oxygens (including phenoxy) is 1. The van der Waals surface area contributed by atoms with Crippen molar-refractivity contribution in [3.63, 3.8) is 0 Å². The van der Waals surface area contributed by atoms with E-state index in [1.54, 1.807) is 0 Å². The minimum Gasteiger partial charge on any atom is -0.493 e. The molecular weight excluding hydrogens is 324 g/mol. The number of nitrogens with one attached hydrogen (secondary N) is 1. The molecule has 1 amide bonds. The first-order valence-corrected chi connectivity index (χ1v) is 8.75. The summed E-state index contributed by atoms with van der Waals surface area (Å²) in [6.45, 7) is 4.49. The summed E-state index contributed by atoms with van der Waals surface area (Å²) in [4.78, 5) is 17.7. The van der Waals surface area contributed by atoms with Crippen LogP contribution in [0.15, 0.2) is 66.7 Å². The van der Waals surface area contributed by atoms with Crippen LogP contribution in [-0.2, 0) is 0 Å². The van der Waals surface area contributed by atoms with Gasteiger partial charge in [-0.1, -0.05) is 55.5 Å². The lowest BCUT2D eigenvalue weighted by molar-refractivity contribution is 0.102. The van der Waals surface area contributed by atoms with Gasteiger partial charge in [0.05, 0.1) is 12.3 Å². The largest absolute Gasteiger partial charge is 0.493 e. The zero-order valence-electron chi connectivity index (χ0n) is 15.0. The van der Waals surface area contributed by atoms with E-state index in [0.717, 1.165) is 23.4 Å². The van der Waals surface area contributed by atoms with Crippen molar-refractivity contribution in [3.05, 3.63) is 78.0 Å². The molecule has 0 aliphatic carbocycles. The van der Waals surface area contributed by atoms with Crippen LogP contribution >= 0.6 is 0 Å². The van der Waals surface area contributed by atoms with Gasteiger partial charge in [-0.2, -0.15) is 0 Å². The highest BCUT2D eigenvalue weighted by molar-refractivity contribution is 6.10. The van der Waals surface area contributed by atoms with E-state index in [2.05, 4.69) is 10.3 Å². The van der Waals surface area contributed by atoms with Gasteiger partial charge in [0.15, 0.2) is 0 Å². The summed E-state index contributed by atoms with van der Waals surface area (Å²) < 4.78 is 5.89. The van der Waals surface area contributed by atoms with E-state index in [0.29, 0.717) is 23.6 Å². The predicted octanol–water partition coefficient (Wildman–Crippen LogP) is 5.10. The standard InChI is InChI=1S/C22H22N2O2/c1-3-14-26-19-15-16(2)23-21(17-10-6-4-7-11-17)20(19)22(25)24-18-12-8-5-9-13-18/h4-13,15H,3,14H2,1-2H3,(H,24,25). The van der Waals surface area contributed by atoms with Crippen LogP contribution < -0.4 is 10.1 Å². The minimum atomic E-state index is -0.228. The van der Waals surface area contributed by atoms with Crippen molar-refractivity contribution in [2.24, 2.45) is 0 Å². The molecule has 0 bridgehead atoms. The number of carbonyl (C=O) groups is 1. The number of hydrogen-bond acceptors (Lipinski definition) is 3. The maximum atomic E-state index is 13.1. The Hall–Kier alpha value is -3.14. The normalized spacial score (nSPS) is 10.4. The summed E-state index contributed by atoms with van der Waals surface area (Å²) in [5.74, 6) is 0.334. The maximum absolute atomic E-state index is 13.1. The molecule has 0 spiro atoms. The second-order valence-corrected chi connectivity index (χ2v) is 6.02. The molecule has 4 nitrogen and oxygen atoms in total. The van der Waals surface area contributed by atoms with E-state index in [9.17, 15) is 4.79 Å². The Bertz CT molecular complexity index is 877. The van der Waals surface area contributed by atoms with E-state index in [4.69, 9.17) is 4.74 Å². The molecule has 3 aromatic rings. The third kappa shape index (κ3) is 4.09. The van der Waals surface area contributed by atoms with Gasteiger partial charge in [0.2, 0.25) is 0 Å². The Morgan fingerprint density at radius 3 is 2.35 bits per heavy atom. The molecular formula is C22H22N2O2. The summed E-state index contributed by atoms with van der Waals surface area (Å²) in [5.41, 5.74) is 3.52. The molecule has 0 aliphatic heterocycles. The number of nitrogens with zero attached hydrogens (tertiary/aromatic N) is 1. The summed E-state index contributed by atoms with van der Waals surface area (Å²) in [7, 11) is 0. The van der Waals surface area contributed by atoms with E-state index in [-0.39, 0.29) is 5.91 Å². The van der Waals surface area contributed by atoms with Crippen LogP contribution in [0.2, 0.25) is 0 Å². The first-order valence-electron chi connectivity index (χ1n) is 8.75. The van der Waals surface area contributed by atoms with Crippen molar-refractivity contribution in [2.45, 2.75) is 20.3 Å². The number of aromatic nitrogens is 1. The van der Waals surface area contributed by atoms with Crippen molar-refractivity contribution < 1.29 is 9.53 Å². The number of pyridine rings is 1. The number of amides is 1. The fourth-order valence-corrected chi connectivity index (χ4v) is 2.71. The van der Waals surface area contributed by atoms with Gasteiger partial charge in [-0.05, 0) is 25.5 Å². The van der Waals surface area contributed by atoms with Crippen LogP contribution in [0.25, 0.3) is 11.3 Å². The van der Waals surface area contributed by atoms with Crippen LogP contribution in [-0.4, -0.2) is 17.5 Å². The summed E-state index contributed by atoms with van der Waals surface area (Å²) in [6, 6.07) is 20.9. The molecule has 0 radical (unpaired) electrons. The van der Waals surface area contributed by atoms with Gasteiger partial charge in [0.1, 0.15) is 11.3 Å². The van der Waals surface area contributed by atoms with E-state index in [1.165, 1.54) is 0 Å². The molecule has 2 aromatic carbocycles. The molecule has 1 heterocycles. The lowest BCUT2D eigenvalue weighted by Gasteiger charge is -2.16. The smallest absolute Gasteiger partial charge is 0.261 e. The fourth-order valence-electron chi connectivity index (χ4n) is 2.71. The fraction of sp³-hybridized carbons (Fsp3) is 0.182. The predicted molar refractivity (Wildman–Crippen MR) is 105 cm³/mol. The molecule has 0 aliphatic rings. The van der Waals surface area contributed by atoms with E-state index >= 15 is 0 Å². The SMILES string of the molecule is CCCOc1cc(C)nc(-c2ccccc2)c1C(=O)Nc1ccccc1. The van der Waals surface area contributed by atoms with Crippen LogP contribution in [0.5, 0.6) is 5.75 Å². The molecule has 4 heteroatoms. The van der Waals surface area contributed by atoms with Crippen LogP contribution in [0.4, 0.5) is 5.69 Å². The second-order valence-electron chi connectivity index (χ2n) is 6.02. The van der Waals surface area contributed by atoms with Crippen LogP contribution in [0, 0.1) is 6.92 Å². The zero-order valence-corrected chi connectivity index (χ0v) is 15.0. The van der Waals surface area contributed by atoms with E-state index in [1.807, 2.05) is 80.6 Å². The first kappa shape index (κ1) is 17.7. The zero-order chi connectivity index (χ0) is 18.4. The Balaban J connectivity index is 2.08. The molecule has 3 rings (SSSR count). The summed E-state index contributed by atoms with van der Waals surface area (Å²) >= 11 is 0. The topological polar surface area (TPSA) is 51.2 Å². The Morgan fingerprint density at radius 2 is 1.69 bits per heavy atom. The number of benzene rings is 2. The van der Waals surface area contributed by atoms with E-state index < -0.39 is 0 Å². The minimum absolute atomic E-state index is 0.228. The number of hydrogen-bond donors (Lipinski definition) is 1. The summed E-state index contributed by atoms with van der Waals surface area (Å²) in [6.07, 6.45) is 0.863. The van der Waals surface area contributed by atoms with Crippen molar-refractivity contribution in [1.82, 2.24) is 4.98 Å². The number of rotatable bonds is 6.